The minimum atomic E-state index is -0.322. The molecule has 3 aromatic rings. The summed E-state index contributed by atoms with van der Waals surface area (Å²) in [6, 6.07) is 13.9. The molecule has 1 fully saturated rings. The van der Waals surface area contributed by atoms with Crippen molar-refractivity contribution < 1.29 is 4.74 Å². The molecule has 1 aromatic carbocycles. The molecule has 118 valence electrons. The molecule has 1 saturated heterocycles. The first-order chi connectivity index (χ1) is 11.0. The van der Waals surface area contributed by atoms with Crippen molar-refractivity contribution in [3.63, 3.8) is 0 Å². The van der Waals surface area contributed by atoms with E-state index >= 15 is 0 Å². The van der Waals surface area contributed by atoms with E-state index in [2.05, 4.69) is 36.1 Å². The fourth-order valence-electron chi connectivity index (χ4n) is 3.26. The standard InChI is InChI=1S/C18H20N4O/c1-17(2,3)18(12-23-18)16(14-9-6-7-11-19-14)22-15-10-5-4-8-13(15)20-21-22/h4-11,16H,12H2,1-3H3/t16-,18+/m0/s1. The number of hydrogen-bond donors (Lipinski definition) is 0. The minimum Gasteiger partial charge on any atom is -0.366 e. The third kappa shape index (κ3) is 2.15. The zero-order chi connectivity index (χ0) is 16.1. The molecule has 5 nitrogen and oxygen atoms in total. The van der Waals surface area contributed by atoms with Gasteiger partial charge in [0.2, 0.25) is 0 Å². The van der Waals surface area contributed by atoms with Gasteiger partial charge in [0.1, 0.15) is 17.2 Å². The Morgan fingerprint density at radius 1 is 1.13 bits per heavy atom. The SMILES string of the molecule is CC(C)(C)[C@]1([C@H](c2ccccn2)n2nnc3ccccc32)CO1. The fourth-order valence-corrected chi connectivity index (χ4v) is 3.26. The van der Waals surface area contributed by atoms with Crippen LogP contribution in [0.4, 0.5) is 0 Å². The number of hydrogen-bond acceptors (Lipinski definition) is 4. The van der Waals surface area contributed by atoms with E-state index in [0.717, 1.165) is 16.7 Å². The van der Waals surface area contributed by atoms with E-state index < -0.39 is 0 Å². The Labute approximate surface area is 135 Å². The summed E-state index contributed by atoms with van der Waals surface area (Å²) in [5.74, 6) is 0. The van der Waals surface area contributed by atoms with Crippen molar-refractivity contribution in [2.75, 3.05) is 6.61 Å². The maximum Gasteiger partial charge on any atom is 0.128 e. The fraction of sp³-hybridized carbons (Fsp3) is 0.389. The second-order valence-corrected chi connectivity index (χ2v) is 7.11. The van der Waals surface area contributed by atoms with Gasteiger partial charge in [0.25, 0.3) is 0 Å². The molecule has 0 saturated carbocycles. The van der Waals surface area contributed by atoms with E-state index in [4.69, 9.17) is 4.74 Å². The zero-order valence-corrected chi connectivity index (χ0v) is 13.6. The first-order valence-corrected chi connectivity index (χ1v) is 7.88. The van der Waals surface area contributed by atoms with Crippen LogP contribution in [-0.4, -0.2) is 32.2 Å². The highest BCUT2D eigenvalue weighted by Gasteiger charge is 2.61. The number of para-hydroxylation sites is 1. The predicted octanol–water partition coefficient (Wildman–Crippen LogP) is 3.23. The van der Waals surface area contributed by atoms with Crippen LogP contribution in [0.25, 0.3) is 11.0 Å². The van der Waals surface area contributed by atoms with Crippen LogP contribution >= 0.6 is 0 Å². The molecule has 23 heavy (non-hydrogen) atoms. The van der Waals surface area contributed by atoms with Gasteiger partial charge in [0.05, 0.1) is 17.8 Å². The molecular formula is C18H20N4O. The lowest BCUT2D eigenvalue weighted by Gasteiger charge is -2.34. The second-order valence-electron chi connectivity index (χ2n) is 7.11. The van der Waals surface area contributed by atoms with Crippen molar-refractivity contribution in [3.8, 4) is 0 Å². The molecule has 0 radical (unpaired) electrons. The largest absolute Gasteiger partial charge is 0.366 e. The third-order valence-corrected chi connectivity index (χ3v) is 4.76. The van der Waals surface area contributed by atoms with Crippen molar-refractivity contribution in [3.05, 3.63) is 54.4 Å². The molecule has 0 amide bonds. The lowest BCUT2D eigenvalue weighted by atomic mass is 9.75. The number of benzene rings is 1. The molecule has 5 heteroatoms. The smallest absolute Gasteiger partial charge is 0.128 e. The van der Waals surface area contributed by atoms with Crippen LogP contribution < -0.4 is 0 Å². The number of nitrogens with zero attached hydrogens (tertiary/aromatic N) is 4. The Kier molecular flexibility index (Phi) is 3.03. The number of fused-ring (bicyclic) bond motifs is 1. The highest BCUT2D eigenvalue weighted by molar-refractivity contribution is 5.74. The van der Waals surface area contributed by atoms with Crippen molar-refractivity contribution in [1.82, 2.24) is 20.0 Å². The lowest BCUT2D eigenvalue weighted by Crippen LogP contribution is -2.41. The van der Waals surface area contributed by atoms with Crippen LogP contribution in [0.5, 0.6) is 0 Å². The molecule has 2 atom stereocenters. The lowest BCUT2D eigenvalue weighted by molar-refractivity contribution is 0.106. The van der Waals surface area contributed by atoms with Crippen LogP contribution in [0, 0.1) is 5.41 Å². The van der Waals surface area contributed by atoms with Gasteiger partial charge in [-0.1, -0.05) is 44.2 Å². The Bertz CT molecular complexity index is 831. The average Bonchev–Trinajstić information content (AvgIpc) is 3.24. The topological polar surface area (TPSA) is 56.1 Å². The first kappa shape index (κ1) is 14.3. The number of pyridine rings is 1. The highest BCUT2D eigenvalue weighted by atomic mass is 16.6. The average molecular weight is 308 g/mol. The van der Waals surface area contributed by atoms with Gasteiger partial charge in [-0.25, -0.2) is 4.68 Å². The predicted molar refractivity (Wildman–Crippen MR) is 88.0 cm³/mol. The number of aromatic nitrogens is 4. The monoisotopic (exact) mass is 308 g/mol. The number of ether oxygens (including phenoxy) is 1. The van der Waals surface area contributed by atoms with Crippen molar-refractivity contribution >= 4 is 11.0 Å². The first-order valence-electron chi connectivity index (χ1n) is 7.88. The van der Waals surface area contributed by atoms with Gasteiger partial charge in [-0.2, -0.15) is 0 Å². The molecule has 0 unspecified atom stereocenters. The summed E-state index contributed by atoms with van der Waals surface area (Å²) in [6.45, 7) is 7.31. The molecule has 2 aromatic heterocycles. The summed E-state index contributed by atoms with van der Waals surface area (Å²) in [4.78, 5) is 4.59. The molecule has 1 aliphatic rings. The van der Waals surface area contributed by atoms with E-state index in [-0.39, 0.29) is 17.1 Å². The molecular weight excluding hydrogens is 288 g/mol. The Hall–Kier alpha value is -2.27. The quantitative estimate of drug-likeness (QED) is 0.697. The zero-order valence-electron chi connectivity index (χ0n) is 13.6. The van der Waals surface area contributed by atoms with Crippen LogP contribution in [0.2, 0.25) is 0 Å². The number of rotatable bonds is 3. The van der Waals surface area contributed by atoms with Crippen LogP contribution in [-0.2, 0) is 4.74 Å². The Morgan fingerprint density at radius 2 is 1.87 bits per heavy atom. The van der Waals surface area contributed by atoms with Crippen LogP contribution in [0.3, 0.4) is 0 Å². The van der Waals surface area contributed by atoms with E-state index in [9.17, 15) is 0 Å². The van der Waals surface area contributed by atoms with Gasteiger partial charge in [-0.05, 0) is 29.7 Å². The molecule has 4 rings (SSSR count). The summed E-state index contributed by atoms with van der Waals surface area (Å²) in [5.41, 5.74) is 2.48. The summed E-state index contributed by atoms with van der Waals surface area (Å²) < 4.78 is 7.99. The van der Waals surface area contributed by atoms with E-state index in [1.54, 1.807) is 0 Å². The van der Waals surface area contributed by atoms with Gasteiger partial charge in [-0.15, -0.1) is 5.10 Å². The van der Waals surface area contributed by atoms with Gasteiger partial charge in [0, 0.05) is 6.20 Å². The van der Waals surface area contributed by atoms with E-state index in [1.165, 1.54) is 0 Å². The van der Waals surface area contributed by atoms with E-state index in [1.807, 2.05) is 53.3 Å². The van der Waals surface area contributed by atoms with Crippen molar-refractivity contribution in [1.29, 1.82) is 0 Å². The summed E-state index contributed by atoms with van der Waals surface area (Å²) in [6.07, 6.45) is 1.82. The second kappa shape index (κ2) is 4.86. The maximum absolute atomic E-state index is 6.02. The Balaban J connectivity index is 1.94. The summed E-state index contributed by atoms with van der Waals surface area (Å²) in [7, 11) is 0. The van der Waals surface area contributed by atoms with Gasteiger partial charge in [0.15, 0.2) is 0 Å². The maximum atomic E-state index is 6.02. The normalized spacial score (nSPS) is 22.2. The highest BCUT2D eigenvalue weighted by Crippen LogP contribution is 2.53. The minimum absolute atomic E-state index is 0.0394. The van der Waals surface area contributed by atoms with Gasteiger partial charge in [-0.3, -0.25) is 4.98 Å². The molecule has 3 heterocycles. The summed E-state index contributed by atoms with van der Waals surface area (Å²) in [5, 5.41) is 8.76. The Morgan fingerprint density at radius 3 is 2.52 bits per heavy atom. The molecule has 0 N–H and O–H groups in total. The molecule has 1 aliphatic heterocycles. The molecule has 0 bridgehead atoms. The van der Waals surface area contributed by atoms with Crippen LogP contribution in [0.15, 0.2) is 48.7 Å². The summed E-state index contributed by atoms with van der Waals surface area (Å²) >= 11 is 0. The van der Waals surface area contributed by atoms with Gasteiger partial charge >= 0.3 is 0 Å². The van der Waals surface area contributed by atoms with Gasteiger partial charge < -0.3 is 4.74 Å². The molecule has 0 aliphatic carbocycles. The third-order valence-electron chi connectivity index (χ3n) is 4.76. The number of epoxide rings is 1. The molecule has 0 spiro atoms. The van der Waals surface area contributed by atoms with E-state index in [0.29, 0.717) is 6.61 Å². The van der Waals surface area contributed by atoms with Crippen LogP contribution in [0.1, 0.15) is 32.5 Å². The van der Waals surface area contributed by atoms with Crippen molar-refractivity contribution in [2.24, 2.45) is 5.41 Å². The van der Waals surface area contributed by atoms with Crippen molar-refractivity contribution in [2.45, 2.75) is 32.4 Å².